The molecule has 3 N–H and O–H groups in total. The van der Waals surface area contributed by atoms with Crippen molar-refractivity contribution in [3.8, 4) is 17.0 Å². The maximum Gasteiger partial charge on any atom is 0.425 e. The van der Waals surface area contributed by atoms with Gasteiger partial charge in [-0.25, -0.2) is 9.37 Å². The summed E-state index contributed by atoms with van der Waals surface area (Å²) in [7, 11) is 0. The molecular formula is C22H20ClF4N5O3. The Kier molecular flexibility index (Phi) is 7.34. The lowest BCUT2D eigenvalue weighted by Gasteiger charge is -2.20. The van der Waals surface area contributed by atoms with E-state index in [9.17, 15) is 22.8 Å². The van der Waals surface area contributed by atoms with Crippen LogP contribution in [0, 0.1) is 19.7 Å². The number of pyridine rings is 1. The van der Waals surface area contributed by atoms with Gasteiger partial charge < -0.3 is 15.4 Å². The number of aromatic nitrogens is 3. The van der Waals surface area contributed by atoms with Crippen LogP contribution in [-0.2, 0) is 4.79 Å². The van der Waals surface area contributed by atoms with Crippen molar-refractivity contribution < 1.29 is 31.9 Å². The predicted octanol–water partition coefficient (Wildman–Crippen LogP) is 5.42. The van der Waals surface area contributed by atoms with Crippen molar-refractivity contribution in [1.82, 2.24) is 15.2 Å². The van der Waals surface area contributed by atoms with Crippen LogP contribution in [0.4, 0.5) is 29.1 Å². The van der Waals surface area contributed by atoms with Crippen molar-refractivity contribution in [2.24, 2.45) is 0 Å². The number of carbonyl (C=O) groups excluding carboxylic acids is 2. The van der Waals surface area contributed by atoms with Crippen LogP contribution in [0.5, 0.6) is 5.75 Å². The number of benzene rings is 1. The third-order valence-electron chi connectivity index (χ3n) is 4.89. The van der Waals surface area contributed by atoms with Crippen molar-refractivity contribution in [2.75, 3.05) is 10.6 Å². The third-order valence-corrected chi connectivity index (χ3v) is 5.16. The standard InChI is InChI=1S/C22H20ClF4N5O3/c1-9-5-6-16(29-20(9)28-12(4)33)13-8-17(35-11(3)22(25,26)27)14(7-15(13)24)21(34)30-18-10(2)31-32-19(18)23/h5-8,11H,1-4H3,(H,30,34)(H,31,32)(H,28,29,33)/t11-/m0/s1. The molecule has 0 saturated carbocycles. The molecule has 3 aromatic rings. The maximum absolute atomic E-state index is 15.1. The number of rotatable bonds is 6. The molecule has 2 aromatic heterocycles. The normalized spacial score (nSPS) is 12.3. The average molecular weight is 514 g/mol. The molecule has 0 spiro atoms. The summed E-state index contributed by atoms with van der Waals surface area (Å²) >= 11 is 5.91. The Labute approximate surface area is 202 Å². The second-order valence-electron chi connectivity index (χ2n) is 7.64. The number of halogens is 5. The Hall–Kier alpha value is -3.67. The summed E-state index contributed by atoms with van der Waals surface area (Å²) in [4.78, 5) is 28.5. The van der Waals surface area contributed by atoms with Crippen LogP contribution in [0.2, 0.25) is 5.15 Å². The van der Waals surface area contributed by atoms with Crippen molar-refractivity contribution in [3.63, 3.8) is 0 Å². The van der Waals surface area contributed by atoms with Gasteiger partial charge in [0.2, 0.25) is 5.91 Å². The SMILES string of the molecule is CC(=O)Nc1nc(-c2cc(O[C@@H](C)C(F)(F)F)c(C(=O)Nc3c(Cl)n[nH]c3C)cc2F)ccc1C. The van der Waals surface area contributed by atoms with E-state index in [1.165, 1.54) is 13.0 Å². The van der Waals surface area contributed by atoms with Gasteiger partial charge in [-0.2, -0.15) is 18.3 Å². The third kappa shape index (κ3) is 5.88. The van der Waals surface area contributed by atoms with E-state index in [0.29, 0.717) is 11.3 Å². The van der Waals surface area contributed by atoms with E-state index in [0.717, 1.165) is 19.1 Å². The Morgan fingerprint density at radius 3 is 2.43 bits per heavy atom. The van der Waals surface area contributed by atoms with Crippen LogP contribution in [0.25, 0.3) is 11.3 Å². The zero-order valence-corrected chi connectivity index (χ0v) is 19.7. The van der Waals surface area contributed by atoms with E-state index in [4.69, 9.17) is 16.3 Å². The number of aryl methyl sites for hydroxylation is 2. The predicted molar refractivity (Wildman–Crippen MR) is 121 cm³/mol. The molecule has 0 aliphatic heterocycles. The lowest BCUT2D eigenvalue weighted by molar-refractivity contribution is -0.189. The second-order valence-corrected chi connectivity index (χ2v) is 8.00. The fourth-order valence-corrected chi connectivity index (χ4v) is 3.21. The number of aromatic amines is 1. The Balaban J connectivity index is 2.11. The highest BCUT2D eigenvalue weighted by atomic mass is 35.5. The molecule has 8 nitrogen and oxygen atoms in total. The first-order valence-corrected chi connectivity index (χ1v) is 10.5. The van der Waals surface area contributed by atoms with Gasteiger partial charge in [-0.15, -0.1) is 0 Å². The molecule has 35 heavy (non-hydrogen) atoms. The highest BCUT2D eigenvalue weighted by Crippen LogP contribution is 2.34. The molecular weight excluding hydrogens is 494 g/mol. The van der Waals surface area contributed by atoms with E-state index < -0.39 is 41.2 Å². The van der Waals surface area contributed by atoms with Gasteiger partial charge >= 0.3 is 6.18 Å². The summed E-state index contributed by atoms with van der Waals surface area (Å²) in [6, 6.07) is 4.66. The molecule has 1 atom stereocenters. The largest absolute Gasteiger partial charge is 0.480 e. The molecule has 2 amide bonds. The van der Waals surface area contributed by atoms with E-state index in [-0.39, 0.29) is 27.9 Å². The fourth-order valence-electron chi connectivity index (χ4n) is 2.98. The van der Waals surface area contributed by atoms with Crippen molar-refractivity contribution in [2.45, 2.75) is 40.0 Å². The average Bonchev–Trinajstić information content (AvgIpc) is 3.07. The Bertz CT molecular complexity index is 1270. The topological polar surface area (TPSA) is 109 Å². The number of carbonyl (C=O) groups is 2. The first kappa shape index (κ1) is 25.9. The number of nitrogens with one attached hydrogen (secondary N) is 3. The minimum atomic E-state index is -4.76. The van der Waals surface area contributed by atoms with Crippen LogP contribution in [0.15, 0.2) is 24.3 Å². The first-order chi connectivity index (χ1) is 16.3. The monoisotopic (exact) mass is 513 g/mol. The van der Waals surface area contributed by atoms with Gasteiger partial charge in [0.15, 0.2) is 11.3 Å². The number of hydrogen-bond acceptors (Lipinski definition) is 5. The highest BCUT2D eigenvalue weighted by molar-refractivity contribution is 6.33. The van der Waals surface area contributed by atoms with Gasteiger partial charge in [-0.1, -0.05) is 17.7 Å². The lowest BCUT2D eigenvalue weighted by atomic mass is 10.0. The minimum Gasteiger partial charge on any atom is -0.480 e. The van der Waals surface area contributed by atoms with Gasteiger partial charge in [0.1, 0.15) is 23.1 Å². The van der Waals surface area contributed by atoms with Crippen molar-refractivity contribution in [1.29, 1.82) is 0 Å². The minimum absolute atomic E-state index is 0.00189. The summed E-state index contributed by atoms with van der Waals surface area (Å²) in [5.74, 6) is -2.73. The zero-order valence-electron chi connectivity index (χ0n) is 18.9. The van der Waals surface area contributed by atoms with E-state index in [1.807, 2.05) is 0 Å². The second kappa shape index (κ2) is 9.90. The summed E-state index contributed by atoms with van der Waals surface area (Å²) < 4.78 is 59.8. The highest BCUT2D eigenvalue weighted by Gasteiger charge is 2.39. The fraction of sp³-hybridized carbons (Fsp3) is 0.273. The zero-order chi connectivity index (χ0) is 26.1. The number of ether oxygens (including phenoxy) is 1. The Morgan fingerprint density at radius 2 is 1.86 bits per heavy atom. The van der Waals surface area contributed by atoms with Gasteiger partial charge in [-0.05, 0) is 44.5 Å². The number of H-pyrrole nitrogens is 1. The molecule has 13 heteroatoms. The molecule has 0 unspecified atom stereocenters. The first-order valence-electron chi connectivity index (χ1n) is 10.1. The van der Waals surface area contributed by atoms with E-state index in [2.05, 4.69) is 25.8 Å². The van der Waals surface area contributed by atoms with Crippen LogP contribution >= 0.6 is 11.6 Å². The van der Waals surface area contributed by atoms with Crippen LogP contribution in [0.1, 0.15) is 35.5 Å². The van der Waals surface area contributed by atoms with Gasteiger partial charge in [-0.3, -0.25) is 14.7 Å². The number of nitrogens with zero attached hydrogens (tertiary/aromatic N) is 2. The van der Waals surface area contributed by atoms with Crippen LogP contribution in [-0.4, -0.2) is 39.3 Å². The van der Waals surface area contributed by atoms with Gasteiger partial charge in [0.25, 0.3) is 5.91 Å². The Morgan fingerprint density at radius 1 is 1.17 bits per heavy atom. The number of hydrogen-bond donors (Lipinski definition) is 3. The lowest BCUT2D eigenvalue weighted by Crippen LogP contribution is -2.32. The molecule has 1 aromatic carbocycles. The number of amides is 2. The summed E-state index contributed by atoms with van der Waals surface area (Å²) in [6.07, 6.45) is -7.07. The van der Waals surface area contributed by atoms with E-state index >= 15 is 4.39 Å². The molecule has 3 rings (SSSR count). The molecule has 2 heterocycles. The molecule has 0 radical (unpaired) electrons. The van der Waals surface area contributed by atoms with E-state index in [1.54, 1.807) is 19.9 Å². The van der Waals surface area contributed by atoms with Crippen molar-refractivity contribution >= 4 is 34.9 Å². The van der Waals surface area contributed by atoms with Crippen LogP contribution < -0.4 is 15.4 Å². The summed E-state index contributed by atoms with van der Waals surface area (Å²) in [5, 5.41) is 11.0. The maximum atomic E-state index is 15.1. The molecule has 0 aliphatic rings. The molecule has 186 valence electrons. The molecule has 0 fully saturated rings. The van der Waals surface area contributed by atoms with Crippen LogP contribution in [0.3, 0.4) is 0 Å². The number of anilines is 2. The molecule has 0 saturated heterocycles. The smallest absolute Gasteiger partial charge is 0.425 e. The summed E-state index contributed by atoms with van der Waals surface area (Å²) in [5.41, 5.74) is 0.289. The van der Waals surface area contributed by atoms with Gasteiger partial charge in [0, 0.05) is 12.5 Å². The molecule has 0 aliphatic carbocycles. The quantitative estimate of drug-likeness (QED) is 0.381. The number of alkyl halides is 3. The van der Waals surface area contributed by atoms with Crippen molar-refractivity contribution in [3.05, 3.63) is 52.1 Å². The summed E-state index contributed by atoms with van der Waals surface area (Å²) in [6.45, 7) is 5.23. The van der Waals surface area contributed by atoms with Gasteiger partial charge in [0.05, 0.1) is 17.0 Å². The molecule has 0 bridgehead atoms.